The molecule has 7 nitrogen and oxygen atoms in total. The van der Waals surface area contributed by atoms with Gasteiger partial charge in [0.15, 0.2) is 0 Å². The summed E-state index contributed by atoms with van der Waals surface area (Å²) in [5.41, 5.74) is 3.34. The lowest BCUT2D eigenvalue weighted by Crippen LogP contribution is -2.49. The second-order valence-corrected chi connectivity index (χ2v) is 11.6. The fourth-order valence-corrected chi connectivity index (χ4v) is 4.96. The minimum Gasteiger partial charge on any atom is -0.352 e. The van der Waals surface area contributed by atoms with Crippen LogP contribution in [0.15, 0.2) is 42.5 Å². The summed E-state index contributed by atoms with van der Waals surface area (Å²) in [4.78, 5) is 27.8. The molecule has 2 aromatic carbocycles. The summed E-state index contributed by atoms with van der Waals surface area (Å²) in [7, 11) is -3.54. The topological polar surface area (TPSA) is 86.8 Å². The molecule has 0 saturated carbocycles. The van der Waals surface area contributed by atoms with Crippen LogP contribution in [-0.4, -0.2) is 50.0 Å². The summed E-state index contributed by atoms with van der Waals surface area (Å²) in [6, 6.07) is 12.0. The lowest BCUT2D eigenvalue weighted by molar-refractivity contribution is -0.140. The third kappa shape index (κ3) is 8.23. The van der Waals surface area contributed by atoms with Gasteiger partial charge in [-0.05, 0) is 75.4 Å². The van der Waals surface area contributed by atoms with Crippen molar-refractivity contribution >= 4 is 39.1 Å². The SMILES string of the molecule is CC[C@H](C)NC(=O)[C@@H](C)N(Cc1ccc(Cl)cc1)C(=O)CCCN(c1cccc(C)c1C)S(C)(=O)=O. The van der Waals surface area contributed by atoms with E-state index in [4.69, 9.17) is 11.6 Å². The molecule has 2 amide bonds. The van der Waals surface area contributed by atoms with Crippen LogP contribution < -0.4 is 9.62 Å². The molecular formula is C27H38ClN3O4S. The molecule has 0 aliphatic rings. The first-order valence-corrected chi connectivity index (χ1v) is 14.5. The van der Waals surface area contributed by atoms with Crippen LogP contribution in [0.4, 0.5) is 5.69 Å². The number of halogens is 1. The number of carbonyl (C=O) groups excluding carboxylic acids is 2. The van der Waals surface area contributed by atoms with E-state index in [1.54, 1.807) is 30.0 Å². The first kappa shape index (κ1) is 29.6. The Labute approximate surface area is 220 Å². The van der Waals surface area contributed by atoms with Gasteiger partial charge in [-0.15, -0.1) is 0 Å². The molecule has 1 N–H and O–H groups in total. The van der Waals surface area contributed by atoms with Crippen molar-refractivity contribution in [1.29, 1.82) is 0 Å². The van der Waals surface area contributed by atoms with Crippen molar-refractivity contribution in [2.45, 2.75) is 72.5 Å². The average molecular weight is 536 g/mol. The number of aryl methyl sites for hydroxylation is 1. The summed E-state index contributed by atoms with van der Waals surface area (Å²) in [5, 5.41) is 3.53. The molecule has 2 rings (SSSR count). The normalized spacial score (nSPS) is 13.1. The van der Waals surface area contributed by atoms with Gasteiger partial charge in [0.1, 0.15) is 6.04 Å². The Hall–Kier alpha value is -2.58. The molecule has 0 unspecified atom stereocenters. The van der Waals surface area contributed by atoms with E-state index in [-0.39, 0.29) is 37.4 Å². The van der Waals surface area contributed by atoms with E-state index in [2.05, 4.69) is 5.32 Å². The number of rotatable bonds is 12. The zero-order valence-corrected chi connectivity index (χ0v) is 23.6. The molecule has 2 atom stereocenters. The van der Waals surface area contributed by atoms with E-state index in [0.717, 1.165) is 23.1 Å². The smallest absolute Gasteiger partial charge is 0.242 e. The summed E-state index contributed by atoms with van der Waals surface area (Å²) in [5.74, 6) is -0.439. The molecule has 0 spiro atoms. The number of nitrogens with one attached hydrogen (secondary N) is 1. The molecule has 2 aromatic rings. The highest BCUT2D eigenvalue weighted by molar-refractivity contribution is 7.92. The molecule has 0 aromatic heterocycles. The largest absolute Gasteiger partial charge is 0.352 e. The first-order chi connectivity index (χ1) is 16.8. The third-order valence-corrected chi connectivity index (χ3v) is 7.86. The molecule has 0 heterocycles. The Morgan fingerprint density at radius 2 is 1.69 bits per heavy atom. The van der Waals surface area contributed by atoms with Crippen LogP contribution in [0.25, 0.3) is 0 Å². The van der Waals surface area contributed by atoms with Crippen molar-refractivity contribution in [2.75, 3.05) is 17.1 Å². The summed E-state index contributed by atoms with van der Waals surface area (Å²) >= 11 is 6.00. The predicted octanol–water partition coefficient (Wildman–Crippen LogP) is 4.84. The molecular weight excluding hydrogens is 498 g/mol. The summed E-state index contributed by atoms with van der Waals surface area (Å²) in [6.45, 7) is 9.85. The van der Waals surface area contributed by atoms with Gasteiger partial charge in [0, 0.05) is 30.6 Å². The summed E-state index contributed by atoms with van der Waals surface area (Å²) in [6.07, 6.45) is 2.37. The van der Waals surface area contributed by atoms with Crippen molar-refractivity contribution in [1.82, 2.24) is 10.2 Å². The highest BCUT2D eigenvalue weighted by Crippen LogP contribution is 2.25. The van der Waals surface area contributed by atoms with Crippen molar-refractivity contribution < 1.29 is 18.0 Å². The quantitative estimate of drug-likeness (QED) is 0.421. The van der Waals surface area contributed by atoms with Crippen molar-refractivity contribution in [2.24, 2.45) is 0 Å². The van der Waals surface area contributed by atoms with Crippen LogP contribution >= 0.6 is 11.6 Å². The van der Waals surface area contributed by atoms with Crippen molar-refractivity contribution in [3.63, 3.8) is 0 Å². The molecule has 0 aliphatic heterocycles. The van der Waals surface area contributed by atoms with Crippen molar-refractivity contribution in [3.05, 3.63) is 64.2 Å². The van der Waals surface area contributed by atoms with Gasteiger partial charge in [-0.2, -0.15) is 0 Å². The minimum atomic E-state index is -3.54. The van der Waals surface area contributed by atoms with E-state index in [1.165, 1.54) is 10.6 Å². The lowest BCUT2D eigenvalue weighted by atomic mass is 10.1. The van der Waals surface area contributed by atoms with Gasteiger partial charge in [-0.3, -0.25) is 13.9 Å². The number of anilines is 1. The molecule has 0 aliphatic carbocycles. The first-order valence-electron chi connectivity index (χ1n) is 12.2. The Morgan fingerprint density at radius 1 is 1.06 bits per heavy atom. The fraction of sp³-hybridized carbons (Fsp3) is 0.481. The second kappa shape index (κ2) is 13.1. The Morgan fingerprint density at radius 3 is 2.28 bits per heavy atom. The van der Waals surface area contributed by atoms with E-state index in [1.807, 2.05) is 52.0 Å². The summed E-state index contributed by atoms with van der Waals surface area (Å²) < 4.78 is 26.5. The number of benzene rings is 2. The molecule has 36 heavy (non-hydrogen) atoms. The Kier molecular flexibility index (Phi) is 10.8. The predicted molar refractivity (Wildman–Crippen MR) is 147 cm³/mol. The molecule has 198 valence electrons. The number of carbonyl (C=O) groups is 2. The Balaban J connectivity index is 2.20. The highest BCUT2D eigenvalue weighted by atomic mass is 35.5. The van der Waals surface area contributed by atoms with Gasteiger partial charge in [0.25, 0.3) is 0 Å². The number of sulfonamides is 1. The average Bonchev–Trinajstić information content (AvgIpc) is 2.82. The van der Waals surface area contributed by atoms with Crippen LogP contribution in [0.1, 0.15) is 56.7 Å². The monoisotopic (exact) mass is 535 g/mol. The fourth-order valence-electron chi connectivity index (χ4n) is 3.82. The van der Waals surface area contributed by atoms with E-state index in [0.29, 0.717) is 17.1 Å². The Bertz CT molecular complexity index is 1150. The van der Waals surface area contributed by atoms with E-state index < -0.39 is 16.1 Å². The van der Waals surface area contributed by atoms with E-state index in [9.17, 15) is 18.0 Å². The van der Waals surface area contributed by atoms with Crippen LogP contribution in [0.5, 0.6) is 0 Å². The molecule has 9 heteroatoms. The van der Waals surface area contributed by atoms with Crippen LogP contribution in [0.3, 0.4) is 0 Å². The zero-order valence-electron chi connectivity index (χ0n) is 22.0. The van der Waals surface area contributed by atoms with Gasteiger partial charge >= 0.3 is 0 Å². The number of hydrogen-bond donors (Lipinski definition) is 1. The standard InChI is InChI=1S/C27H38ClN3O4S/c1-7-20(3)29-27(33)22(5)30(18-23-13-15-24(28)16-14-23)26(32)12-9-17-31(36(6,34)35)25-11-8-10-19(2)21(25)4/h8,10-11,13-16,20,22H,7,9,12,17-18H2,1-6H3,(H,29,33)/t20-,22+/m0/s1. The van der Waals surface area contributed by atoms with E-state index >= 15 is 0 Å². The third-order valence-electron chi connectivity index (χ3n) is 6.43. The maximum Gasteiger partial charge on any atom is 0.242 e. The molecule has 0 saturated heterocycles. The number of amides is 2. The second-order valence-electron chi connectivity index (χ2n) is 9.30. The van der Waals surface area contributed by atoms with Gasteiger partial charge in [0.05, 0.1) is 11.9 Å². The minimum absolute atomic E-state index is 0.00618. The van der Waals surface area contributed by atoms with Gasteiger partial charge < -0.3 is 10.2 Å². The highest BCUT2D eigenvalue weighted by Gasteiger charge is 2.27. The molecule has 0 bridgehead atoms. The lowest BCUT2D eigenvalue weighted by Gasteiger charge is -2.30. The molecule has 0 radical (unpaired) electrons. The van der Waals surface area contributed by atoms with Crippen LogP contribution in [0, 0.1) is 13.8 Å². The molecule has 0 fully saturated rings. The van der Waals surface area contributed by atoms with Crippen LogP contribution in [0.2, 0.25) is 5.02 Å². The number of nitrogens with zero attached hydrogens (tertiary/aromatic N) is 2. The zero-order chi connectivity index (χ0) is 27.0. The van der Waals surface area contributed by atoms with Crippen LogP contribution in [-0.2, 0) is 26.2 Å². The number of hydrogen-bond acceptors (Lipinski definition) is 4. The maximum absolute atomic E-state index is 13.4. The van der Waals surface area contributed by atoms with Gasteiger partial charge in [-0.1, -0.05) is 42.8 Å². The maximum atomic E-state index is 13.4. The van der Waals surface area contributed by atoms with Gasteiger partial charge in [-0.25, -0.2) is 8.42 Å². The van der Waals surface area contributed by atoms with Gasteiger partial charge in [0.2, 0.25) is 21.8 Å². The van der Waals surface area contributed by atoms with Crippen molar-refractivity contribution in [3.8, 4) is 0 Å².